The number of nitrogens with one attached hydrogen (secondary N) is 1. The van der Waals surface area contributed by atoms with Crippen molar-refractivity contribution in [2.24, 2.45) is 11.7 Å². The Morgan fingerprint density at radius 2 is 2.03 bits per heavy atom. The quantitative estimate of drug-likeness (QED) is 0.597. The van der Waals surface area contributed by atoms with Crippen LogP contribution in [0.15, 0.2) is 30.5 Å². The molecular formula is C21H23FN6O5. The van der Waals surface area contributed by atoms with Crippen molar-refractivity contribution in [1.82, 2.24) is 14.7 Å². The molecule has 2 heterocycles. The molecule has 1 unspecified atom stereocenters. The monoisotopic (exact) mass is 458 g/mol. The molecule has 174 valence electrons. The van der Waals surface area contributed by atoms with Gasteiger partial charge in [-0.15, -0.1) is 0 Å². The summed E-state index contributed by atoms with van der Waals surface area (Å²) in [6, 6.07) is 7.04. The summed E-state index contributed by atoms with van der Waals surface area (Å²) in [6.07, 6.45) is 1.01. The first kappa shape index (κ1) is 23.5. The van der Waals surface area contributed by atoms with Crippen molar-refractivity contribution in [1.29, 1.82) is 5.26 Å². The van der Waals surface area contributed by atoms with E-state index in [4.69, 9.17) is 15.2 Å². The number of piperidine rings is 1. The number of rotatable bonds is 7. The number of ether oxygens (including phenoxy) is 2. The average Bonchev–Trinajstić information content (AvgIpc) is 3.22. The number of benzene rings is 1. The molecule has 0 bridgehead atoms. The minimum Gasteiger partial charge on any atom is -0.463 e. The number of primary amides is 1. The maximum absolute atomic E-state index is 13.2. The van der Waals surface area contributed by atoms with E-state index in [2.05, 4.69) is 16.5 Å². The van der Waals surface area contributed by atoms with Crippen LogP contribution in [0.2, 0.25) is 0 Å². The molecule has 11 nitrogen and oxygen atoms in total. The van der Waals surface area contributed by atoms with Crippen LogP contribution >= 0.6 is 0 Å². The fourth-order valence-corrected chi connectivity index (χ4v) is 3.43. The lowest BCUT2D eigenvalue weighted by Crippen LogP contribution is -2.45. The predicted molar refractivity (Wildman–Crippen MR) is 113 cm³/mol. The molecule has 1 aliphatic rings. The Morgan fingerprint density at radius 1 is 1.30 bits per heavy atom. The van der Waals surface area contributed by atoms with E-state index >= 15 is 0 Å². The Hall–Kier alpha value is -4.14. The molecule has 12 heteroatoms. The molecule has 1 fully saturated rings. The number of nitriles is 1. The van der Waals surface area contributed by atoms with E-state index in [1.807, 2.05) is 0 Å². The van der Waals surface area contributed by atoms with Gasteiger partial charge in [0.15, 0.2) is 12.4 Å². The first-order chi connectivity index (χ1) is 15.8. The number of hydrogen-bond donors (Lipinski definition) is 2. The Labute approximate surface area is 188 Å². The second-order valence-electron chi connectivity index (χ2n) is 7.26. The van der Waals surface area contributed by atoms with Gasteiger partial charge in [0.25, 0.3) is 5.91 Å². The van der Waals surface area contributed by atoms with Crippen LogP contribution in [0, 0.1) is 23.1 Å². The molecule has 0 saturated carbocycles. The fourth-order valence-electron chi connectivity index (χ4n) is 3.43. The first-order valence-electron chi connectivity index (χ1n) is 10.2. The van der Waals surface area contributed by atoms with Crippen LogP contribution < -0.4 is 11.1 Å². The summed E-state index contributed by atoms with van der Waals surface area (Å²) in [7, 11) is 0. The van der Waals surface area contributed by atoms with E-state index in [1.165, 1.54) is 40.0 Å². The number of amides is 2. The molecule has 2 amide bonds. The van der Waals surface area contributed by atoms with E-state index in [0.717, 1.165) is 0 Å². The summed E-state index contributed by atoms with van der Waals surface area (Å²) in [5.74, 6) is -2.20. The number of likely N-dealkylation sites (tertiary alicyclic amines) is 1. The van der Waals surface area contributed by atoms with Crippen LogP contribution in [0.5, 0.6) is 0 Å². The highest BCUT2D eigenvalue weighted by atomic mass is 19.1. The minimum atomic E-state index is -0.749. The highest BCUT2D eigenvalue weighted by Gasteiger charge is 2.35. The van der Waals surface area contributed by atoms with Gasteiger partial charge < -0.3 is 25.4 Å². The zero-order valence-corrected chi connectivity index (χ0v) is 17.9. The molecule has 3 N–H and O–H groups in total. The van der Waals surface area contributed by atoms with Gasteiger partial charge in [-0.05, 0) is 37.6 Å². The van der Waals surface area contributed by atoms with Crippen molar-refractivity contribution in [2.45, 2.75) is 19.4 Å². The summed E-state index contributed by atoms with van der Waals surface area (Å²) in [5, 5.41) is 16.9. The largest absolute Gasteiger partial charge is 0.463 e. The van der Waals surface area contributed by atoms with Gasteiger partial charge in [-0.3, -0.25) is 9.48 Å². The zero-order chi connectivity index (χ0) is 24.0. The van der Waals surface area contributed by atoms with Crippen molar-refractivity contribution < 1.29 is 28.2 Å². The zero-order valence-electron chi connectivity index (χ0n) is 17.9. The Bertz CT molecular complexity index is 1060. The third kappa shape index (κ3) is 5.76. The van der Waals surface area contributed by atoms with Crippen molar-refractivity contribution in [2.75, 3.05) is 31.6 Å². The Kier molecular flexibility index (Phi) is 7.45. The molecule has 33 heavy (non-hydrogen) atoms. The minimum absolute atomic E-state index is 0.0652. The van der Waals surface area contributed by atoms with Gasteiger partial charge in [-0.1, -0.05) is 0 Å². The molecule has 1 aromatic heterocycles. The molecule has 2 atom stereocenters. The van der Waals surface area contributed by atoms with Crippen molar-refractivity contribution >= 4 is 29.5 Å². The third-order valence-electron chi connectivity index (χ3n) is 5.07. The van der Waals surface area contributed by atoms with Gasteiger partial charge in [0, 0.05) is 25.0 Å². The van der Waals surface area contributed by atoms with Crippen LogP contribution in [0.1, 0.15) is 29.7 Å². The number of nitrogens with zero attached hydrogens (tertiary/aromatic N) is 4. The van der Waals surface area contributed by atoms with E-state index < -0.39 is 42.4 Å². The van der Waals surface area contributed by atoms with Gasteiger partial charge in [-0.25, -0.2) is 14.0 Å². The predicted octanol–water partition coefficient (Wildman–Crippen LogP) is 1.95. The molecule has 0 radical (unpaired) electrons. The fraction of sp³-hybridized carbons (Fsp3) is 0.381. The Balaban J connectivity index is 1.79. The molecule has 1 saturated heterocycles. The van der Waals surface area contributed by atoms with Gasteiger partial charge in [-0.2, -0.15) is 10.4 Å². The molecule has 3 rings (SSSR count). The van der Waals surface area contributed by atoms with Gasteiger partial charge >= 0.3 is 12.1 Å². The number of carbonyl (C=O) groups is 3. The third-order valence-corrected chi connectivity index (χ3v) is 5.07. The van der Waals surface area contributed by atoms with E-state index in [0.29, 0.717) is 12.1 Å². The van der Waals surface area contributed by atoms with Crippen LogP contribution in [0.25, 0.3) is 0 Å². The lowest BCUT2D eigenvalue weighted by atomic mass is 9.93. The molecule has 2 aromatic rings. The number of anilines is 2. The van der Waals surface area contributed by atoms with Gasteiger partial charge in [0.2, 0.25) is 0 Å². The molecule has 1 aliphatic heterocycles. The summed E-state index contributed by atoms with van der Waals surface area (Å²) >= 11 is 0. The van der Waals surface area contributed by atoms with Crippen LogP contribution in [0.4, 0.5) is 20.7 Å². The lowest BCUT2D eigenvalue weighted by molar-refractivity contribution is -0.146. The van der Waals surface area contributed by atoms with Crippen LogP contribution in [-0.4, -0.2) is 59.0 Å². The highest BCUT2D eigenvalue weighted by molar-refractivity contribution is 5.98. The molecule has 0 spiro atoms. The lowest BCUT2D eigenvalue weighted by Gasteiger charge is -2.34. The van der Waals surface area contributed by atoms with Gasteiger partial charge in [0.05, 0.1) is 24.6 Å². The number of halogens is 1. The van der Waals surface area contributed by atoms with E-state index in [9.17, 15) is 24.0 Å². The maximum atomic E-state index is 13.2. The second-order valence-corrected chi connectivity index (χ2v) is 7.26. The number of esters is 1. The molecular weight excluding hydrogens is 435 g/mol. The molecule has 0 aliphatic carbocycles. The topological polar surface area (TPSA) is 153 Å². The number of nitrogens with two attached hydrogens (primary N) is 1. The Morgan fingerprint density at radius 3 is 2.67 bits per heavy atom. The highest BCUT2D eigenvalue weighted by Crippen LogP contribution is 2.30. The molecule has 1 aromatic carbocycles. The van der Waals surface area contributed by atoms with E-state index in [1.54, 1.807) is 6.92 Å². The average molecular weight is 458 g/mol. The number of carbonyl (C=O) groups excluding carboxylic acids is 3. The summed E-state index contributed by atoms with van der Waals surface area (Å²) < 4.78 is 24.3. The number of hydrogen-bond acceptors (Lipinski definition) is 8. The van der Waals surface area contributed by atoms with Crippen molar-refractivity contribution in [3.05, 3.63) is 41.8 Å². The SMILES string of the molecule is CCOC(=O)COC(=O)N1CCC(C#N)[C@H](n2cc(C(N)=O)c(Nc3ccc(F)cc3)n2)C1. The second kappa shape index (κ2) is 10.4. The smallest absolute Gasteiger partial charge is 0.410 e. The standard InChI is InChI=1S/C21H23FN6O5/c1-2-32-18(29)12-33-21(31)27-8-7-13(9-23)17(11-27)28-10-16(19(24)30)20(26-28)25-15-5-3-14(22)4-6-15/h3-6,10,13,17H,2,7-8,11-12H2,1H3,(H2,24,30)(H,25,26)/t13?,17-/m1/s1. The van der Waals surface area contributed by atoms with Crippen molar-refractivity contribution in [3.63, 3.8) is 0 Å². The van der Waals surface area contributed by atoms with Gasteiger partial charge in [0.1, 0.15) is 11.4 Å². The summed E-state index contributed by atoms with van der Waals surface area (Å²) in [5.41, 5.74) is 6.03. The normalized spacial score (nSPS) is 17.7. The summed E-state index contributed by atoms with van der Waals surface area (Å²) in [6.45, 7) is 1.61. The first-order valence-corrected chi connectivity index (χ1v) is 10.2. The van der Waals surface area contributed by atoms with E-state index in [-0.39, 0.29) is 31.1 Å². The number of aromatic nitrogens is 2. The summed E-state index contributed by atoms with van der Waals surface area (Å²) in [4.78, 5) is 37.2. The maximum Gasteiger partial charge on any atom is 0.410 e. The van der Waals surface area contributed by atoms with Crippen molar-refractivity contribution in [3.8, 4) is 6.07 Å². The van der Waals surface area contributed by atoms with Crippen LogP contribution in [0.3, 0.4) is 0 Å². The van der Waals surface area contributed by atoms with Crippen LogP contribution in [-0.2, 0) is 14.3 Å².